The number of rotatable bonds is 7. The van der Waals surface area contributed by atoms with Crippen LogP contribution < -0.4 is 4.74 Å². The van der Waals surface area contributed by atoms with Crippen molar-refractivity contribution >= 4 is 17.0 Å². The number of ether oxygens (including phenoxy) is 1. The molecule has 6 heterocycles. The van der Waals surface area contributed by atoms with Crippen LogP contribution in [0, 0.1) is 0 Å². The van der Waals surface area contributed by atoms with Gasteiger partial charge in [-0.05, 0) is 43.8 Å². The van der Waals surface area contributed by atoms with Crippen LogP contribution in [-0.4, -0.2) is 69.6 Å². The zero-order valence-electron chi connectivity index (χ0n) is 21.4. The lowest BCUT2D eigenvalue weighted by molar-refractivity contribution is 0.201. The summed E-state index contributed by atoms with van der Waals surface area (Å²) in [6.07, 6.45) is 9.50. The number of piperidine rings is 1. The molecule has 1 aliphatic heterocycles. The summed E-state index contributed by atoms with van der Waals surface area (Å²) < 4.78 is 9.06. The van der Waals surface area contributed by atoms with E-state index in [2.05, 4.69) is 50.2 Å². The molecule has 1 saturated heterocycles. The van der Waals surface area contributed by atoms with Crippen molar-refractivity contribution in [3.05, 3.63) is 47.4 Å². The lowest BCUT2D eigenvalue weighted by atomic mass is 9.96. The molecular formula is C25H30N10OS. The van der Waals surface area contributed by atoms with Gasteiger partial charge in [0.2, 0.25) is 0 Å². The number of thiazole rings is 1. The number of nitrogens with zero attached hydrogens (tertiary/aromatic N) is 9. The van der Waals surface area contributed by atoms with Crippen LogP contribution in [0.2, 0.25) is 0 Å². The number of aromatic nitrogens is 9. The molecule has 0 aromatic carbocycles. The molecule has 6 rings (SSSR count). The molecule has 192 valence electrons. The monoisotopic (exact) mass is 518 g/mol. The van der Waals surface area contributed by atoms with E-state index in [1.807, 2.05) is 19.3 Å². The maximum atomic E-state index is 5.57. The molecule has 0 atom stereocenters. The Hall–Kier alpha value is -3.64. The molecule has 5 aromatic heterocycles. The molecule has 1 aliphatic rings. The van der Waals surface area contributed by atoms with E-state index in [0.29, 0.717) is 17.3 Å². The van der Waals surface area contributed by atoms with Crippen LogP contribution >= 0.6 is 11.3 Å². The molecule has 37 heavy (non-hydrogen) atoms. The Balaban J connectivity index is 1.23. The van der Waals surface area contributed by atoms with E-state index in [1.54, 1.807) is 34.0 Å². The molecular weight excluding hydrogens is 488 g/mol. The van der Waals surface area contributed by atoms with Crippen molar-refractivity contribution in [2.75, 3.05) is 20.2 Å². The summed E-state index contributed by atoms with van der Waals surface area (Å²) in [4.78, 5) is 17.3. The minimum Gasteiger partial charge on any atom is -0.493 e. The smallest absolute Gasteiger partial charge is 0.197 e. The second kappa shape index (κ2) is 9.67. The zero-order chi connectivity index (χ0) is 25.5. The Labute approximate surface area is 218 Å². The molecule has 12 heteroatoms. The third-order valence-electron chi connectivity index (χ3n) is 6.96. The van der Waals surface area contributed by atoms with Crippen LogP contribution in [0.1, 0.15) is 54.8 Å². The fourth-order valence-corrected chi connectivity index (χ4v) is 6.19. The highest BCUT2D eigenvalue weighted by Gasteiger charge is 2.26. The van der Waals surface area contributed by atoms with Gasteiger partial charge in [0.25, 0.3) is 0 Å². The van der Waals surface area contributed by atoms with Crippen LogP contribution in [-0.2, 0) is 13.6 Å². The highest BCUT2D eigenvalue weighted by Crippen LogP contribution is 2.40. The molecule has 1 N–H and O–H groups in total. The van der Waals surface area contributed by atoms with Gasteiger partial charge < -0.3 is 4.74 Å². The average molecular weight is 519 g/mol. The first-order valence-electron chi connectivity index (χ1n) is 12.5. The van der Waals surface area contributed by atoms with E-state index < -0.39 is 0 Å². The van der Waals surface area contributed by atoms with E-state index in [4.69, 9.17) is 14.8 Å². The van der Waals surface area contributed by atoms with Gasteiger partial charge in [0, 0.05) is 35.4 Å². The molecule has 0 bridgehead atoms. The highest BCUT2D eigenvalue weighted by atomic mass is 32.1. The van der Waals surface area contributed by atoms with Crippen molar-refractivity contribution in [1.29, 1.82) is 0 Å². The molecule has 0 aliphatic carbocycles. The number of likely N-dealkylation sites (tertiary alicyclic amines) is 1. The van der Waals surface area contributed by atoms with E-state index >= 15 is 0 Å². The largest absolute Gasteiger partial charge is 0.493 e. The van der Waals surface area contributed by atoms with Crippen molar-refractivity contribution < 1.29 is 4.74 Å². The molecule has 0 spiro atoms. The minimum atomic E-state index is 0.247. The SMILES string of the molecule is COc1cc(-c2n[nH]c(-c3ncc(C4CCN(Cc5ncn(C)n5)CC4)s3)c2C(C)C)cn2ncnc12. The zero-order valence-corrected chi connectivity index (χ0v) is 22.2. The molecule has 0 unspecified atom stereocenters. The summed E-state index contributed by atoms with van der Waals surface area (Å²) in [5, 5.41) is 17.7. The number of H-pyrrole nitrogens is 1. The van der Waals surface area contributed by atoms with Crippen molar-refractivity contribution in [3.8, 4) is 27.7 Å². The van der Waals surface area contributed by atoms with Crippen LogP contribution in [0.25, 0.3) is 27.6 Å². The first-order valence-corrected chi connectivity index (χ1v) is 13.3. The van der Waals surface area contributed by atoms with E-state index in [1.165, 1.54) is 11.2 Å². The summed E-state index contributed by atoms with van der Waals surface area (Å²) >= 11 is 1.77. The predicted octanol–water partition coefficient (Wildman–Crippen LogP) is 3.88. The third kappa shape index (κ3) is 4.51. The summed E-state index contributed by atoms with van der Waals surface area (Å²) in [7, 11) is 3.55. The Bertz CT molecular complexity index is 1520. The summed E-state index contributed by atoms with van der Waals surface area (Å²) in [6, 6.07) is 1.97. The average Bonchev–Trinajstić information content (AvgIpc) is 3.69. The Kier molecular flexibility index (Phi) is 6.21. The predicted molar refractivity (Wildman–Crippen MR) is 141 cm³/mol. The fourth-order valence-electron chi connectivity index (χ4n) is 5.09. The van der Waals surface area contributed by atoms with E-state index in [-0.39, 0.29) is 5.92 Å². The third-order valence-corrected chi connectivity index (χ3v) is 8.13. The maximum absolute atomic E-state index is 5.57. The molecule has 1 fully saturated rings. The number of methoxy groups -OCH3 is 1. The normalized spacial score (nSPS) is 15.3. The van der Waals surface area contributed by atoms with Gasteiger partial charge in [0.15, 0.2) is 17.2 Å². The lowest BCUT2D eigenvalue weighted by Crippen LogP contribution is -2.32. The van der Waals surface area contributed by atoms with Crippen molar-refractivity contribution in [3.63, 3.8) is 0 Å². The number of aryl methyl sites for hydroxylation is 1. The van der Waals surface area contributed by atoms with Gasteiger partial charge in [0.1, 0.15) is 17.7 Å². The lowest BCUT2D eigenvalue weighted by Gasteiger charge is -2.30. The minimum absolute atomic E-state index is 0.247. The van der Waals surface area contributed by atoms with Gasteiger partial charge in [-0.15, -0.1) is 11.3 Å². The highest BCUT2D eigenvalue weighted by molar-refractivity contribution is 7.15. The standard InChI is InChI=1S/C25H30N10OS/c1-15(2)21-22(17-9-18(36-4)24-27-13-29-35(24)11-17)30-31-23(21)25-26-10-19(37-25)16-5-7-34(8-6-16)12-20-28-14-33(3)32-20/h9-11,13-16H,5-8,12H2,1-4H3,(H,30,31). The molecule has 0 amide bonds. The number of fused-ring (bicyclic) bond motifs is 1. The molecule has 11 nitrogen and oxygen atoms in total. The summed E-state index contributed by atoms with van der Waals surface area (Å²) in [5.74, 6) is 2.31. The summed E-state index contributed by atoms with van der Waals surface area (Å²) in [5.41, 5.74) is 4.61. The first kappa shape index (κ1) is 23.7. The fraction of sp³-hybridized carbons (Fsp3) is 0.440. The van der Waals surface area contributed by atoms with Crippen LogP contribution in [0.5, 0.6) is 5.75 Å². The Morgan fingerprint density at radius 3 is 2.76 bits per heavy atom. The van der Waals surface area contributed by atoms with Gasteiger partial charge in [-0.25, -0.2) is 19.5 Å². The van der Waals surface area contributed by atoms with E-state index in [0.717, 1.165) is 65.8 Å². The van der Waals surface area contributed by atoms with Gasteiger partial charge in [0.05, 0.1) is 25.0 Å². The first-order chi connectivity index (χ1) is 18.0. The number of aromatic amines is 1. The molecule has 0 radical (unpaired) electrons. The van der Waals surface area contributed by atoms with Gasteiger partial charge in [-0.2, -0.15) is 15.3 Å². The number of hydrogen-bond acceptors (Lipinski definition) is 9. The molecule has 5 aromatic rings. The topological polar surface area (TPSA) is 115 Å². The van der Waals surface area contributed by atoms with Crippen molar-refractivity contribution in [2.24, 2.45) is 7.05 Å². The van der Waals surface area contributed by atoms with Crippen LogP contribution in [0.3, 0.4) is 0 Å². The van der Waals surface area contributed by atoms with Gasteiger partial charge in [-0.1, -0.05) is 13.8 Å². The van der Waals surface area contributed by atoms with Gasteiger partial charge >= 0.3 is 0 Å². The number of nitrogens with one attached hydrogen (secondary N) is 1. The number of pyridine rings is 1. The number of hydrogen-bond donors (Lipinski definition) is 1. The van der Waals surface area contributed by atoms with Crippen LogP contribution in [0.15, 0.2) is 31.1 Å². The molecule has 0 saturated carbocycles. The van der Waals surface area contributed by atoms with Gasteiger partial charge in [-0.3, -0.25) is 14.7 Å². The Morgan fingerprint density at radius 2 is 2.03 bits per heavy atom. The second-order valence-corrected chi connectivity index (χ2v) is 10.9. The van der Waals surface area contributed by atoms with Crippen molar-refractivity contribution in [2.45, 2.75) is 45.1 Å². The van der Waals surface area contributed by atoms with Crippen LogP contribution in [0.4, 0.5) is 0 Å². The van der Waals surface area contributed by atoms with E-state index in [9.17, 15) is 0 Å². The van der Waals surface area contributed by atoms with Crippen molar-refractivity contribution in [1.82, 2.24) is 49.4 Å². The quantitative estimate of drug-likeness (QED) is 0.345. The summed E-state index contributed by atoms with van der Waals surface area (Å²) in [6.45, 7) is 7.25. The second-order valence-electron chi connectivity index (χ2n) is 9.79. The maximum Gasteiger partial charge on any atom is 0.197 e. The Morgan fingerprint density at radius 1 is 1.19 bits per heavy atom.